The summed E-state index contributed by atoms with van der Waals surface area (Å²) in [5.41, 5.74) is 7.13. The van der Waals surface area contributed by atoms with Gasteiger partial charge in [-0.2, -0.15) is 5.10 Å². The molecule has 0 saturated heterocycles. The number of aromatic nitrogens is 4. The number of rotatable bonds is 5. The molecule has 0 aliphatic rings. The molecule has 96 valence electrons. The summed E-state index contributed by atoms with van der Waals surface area (Å²) in [4.78, 5) is 8.19. The molecule has 0 spiro atoms. The number of methoxy groups -OCH3 is 1. The van der Waals surface area contributed by atoms with E-state index in [0.717, 1.165) is 11.4 Å². The zero-order valence-electron chi connectivity index (χ0n) is 10.4. The van der Waals surface area contributed by atoms with Crippen molar-refractivity contribution < 1.29 is 4.74 Å². The van der Waals surface area contributed by atoms with Gasteiger partial charge in [0.25, 0.3) is 0 Å². The average Bonchev–Trinajstić information content (AvgIpc) is 2.77. The summed E-state index contributed by atoms with van der Waals surface area (Å²) in [6.07, 6.45) is 4.88. The quantitative estimate of drug-likeness (QED) is 0.808. The van der Waals surface area contributed by atoms with Gasteiger partial charge in [0.1, 0.15) is 12.1 Å². The van der Waals surface area contributed by atoms with E-state index in [4.69, 9.17) is 10.5 Å². The summed E-state index contributed by atoms with van der Waals surface area (Å²) >= 11 is 0. The fourth-order valence-electron chi connectivity index (χ4n) is 1.61. The molecule has 0 atom stereocenters. The van der Waals surface area contributed by atoms with Gasteiger partial charge in [-0.1, -0.05) is 0 Å². The molecule has 2 aromatic heterocycles. The highest BCUT2D eigenvalue weighted by molar-refractivity contribution is 5.47. The minimum absolute atomic E-state index is 0.579. The molecule has 0 amide bonds. The van der Waals surface area contributed by atoms with Crippen LogP contribution in [-0.2, 0) is 6.54 Å². The number of nitrogens with two attached hydrogens (primary N) is 1. The first-order chi connectivity index (χ1) is 8.70. The summed E-state index contributed by atoms with van der Waals surface area (Å²) in [5, 5.41) is 7.31. The van der Waals surface area contributed by atoms with E-state index in [9.17, 15) is 0 Å². The maximum atomic E-state index is 5.58. The van der Waals surface area contributed by atoms with Gasteiger partial charge in [0.2, 0.25) is 5.88 Å². The molecule has 0 unspecified atom stereocenters. The Morgan fingerprint density at radius 3 is 2.94 bits per heavy atom. The highest BCUT2D eigenvalue weighted by Crippen LogP contribution is 2.19. The van der Waals surface area contributed by atoms with E-state index in [0.29, 0.717) is 24.7 Å². The van der Waals surface area contributed by atoms with Crippen molar-refractivity contribution >= 4 is 11.5 Å². The zero-order chi connectivity index (χ0) is 13.0. The second-order valence-electron chi connectivity index (χ2n) is 3.82. The van der Waals surface area contributed by atoms with Crippen LogP contribution in [0.4, 0.5) is 11.5 Å². The summed E-state index contributed by atoms with van der Waals surface area (Å²) in [6, 6.07) is 0. The predicted octanol–water partition coefficient (Wildman–Crippen LogP) is 0.684. The van der Waals surface area contributed by atoms with Gasteiger partial charge in [-0.15, -0.1) is 0 Å². The van der Waals surface area contributed by atoms with Crippen LogP contribution in [0.3, 0.4) is 0 Å². The van der Waals surface area contributed by atoms with Crippen LogP contribution in [0.5, 0.6) is 5.88 Å². The summed E-state index contributed by atoms with van der Waals surface area (Å²) in [6.45, 7) is 3.32. The van der Waals surface area contributed by atoms with E-state index in [1.807, 2.05) is 6.92 Å². The van der Waals surface area contributed by atoms with E-state index in [-0.39, 0.29) is 0 Å². The Balaban J connectivity index is 1.94. The average molecular weight is 248 g/mol. The molecular weight excluding hydrogens is 232 g/mol. The van der Waals surface area contributed by atoms with Gasteiger partial charge in [0.05, 0.1) is 31.1 Å². The Bertz CT molecular complexity index is 524. The van der Waals surface area contributed by atoms with Gasteiger partial charge in [0, 0.05) is 12.7 Å². The maximum Gasteiger partial charge on any atom is 0.221 e. The minimum Gasteiger partial charge on any atom is -0.481 e. The molecule has 0 aliphatic heterocycles. The molecule has 0 aliphatic carbocycles. The van der Waals surface area contributed by atoms with E-state index in [2.05, 4.69) is 20.4 Å². The molecular formula is C11H16N6O. The number of hydrogen-bond donors (Lipinski definition) is 2. The summed E-state index contributed by atoms with van der Waals surface area (Å²) < 4.78 is 6.90. The Hall–Kier alpha value is -2.31. The molecule has 18 heavy (non-hydrogen) atoms. The predicted molar refractivity (Wildman–Crippen MR) is 68.5 cm³/mol. The molecule has 0 fully saturated rings. The molecule has 0 saturated carbocycles. The molecule has 2 rings (SSSR count). The van der Waals surface area contributed by atoms with Gasteiger partial charge < -0.3 is 15.8 Å². The van der Waals surface area contributed by atoms with Crippen LogP contribution in [0.1, 0.15) is 5.56 Å². The highest BCUT2D eigenvalue weighted by atomic mass is 16.5. The van der Waals surface area contributed by atoms with E-state index < -0.39 is 0 Å². The van der Waals surface area contributed by atoms with Gasteiger partial charge in [-0.25, -0.2) is 9.97 Å². The normalized spacial score (nSPS) is 10.3. The van der Waals surface area contributed by atoms with E-state index in [1.54, 1.807) is 24.2 Å². The van der Waals surface area contributed by atoms with Crippen LogP contribution in [0.25, 0.3) is 0 Å². The standard InChI is InChI=1S/C11H16N6O/c1-8-10(14-7-15-11(8)18-2)13-3-4-17-6-9(12)5-16-17/h5-7H,3-4,12H2,1-2H3,(H,13,14,15). The summed E-state index contributed by atoms with van der Waals surface area (Å²) in [5.74, 6) is 1.35. The number of nitrogens with one attached hydrogen (secondary N) is 1. The Kier molecular flexibility index (Phi) is 3.61. The zero-order valence-corrected chi connectivity index (χ0v) is 10.4. The number of nitrogens with zero attached hydrogens (tertiary/aromatic N) is 4. The fraction of sp³-hybridized carbons (Fsp3) is 0.364. The van der Waals surface area contributed by atoms with Crippen molar-refractivity contribution in [3.05, 3.63) is 24.3 Å². The maximum absolute atomic E-state index is 5.58. The molecule has 0 radical (unpaired) electrons. The number of anilines is 2. The van der Waals surface area contributed by atoms with Crippen LogP contribution >= 0.6 is 0 Å². The molecule has 7 heteroatoms. The van der Waals surface area contributed by atoms with Crippen molar-refractivity contribution in [1.29, 1.82) is 0 Å². The number of nitrogen functional groups attached to an aromatic ring is 1. The van der Waals surface area contributed by atoms with Gasteiger partial charge >= 0.3 is 0 Å². The van der Waals surface area contributed by atoms with Crippen LogP contribution in [0, 0.1) is 6.92 Å². The number of ether oxygens (including phenoxy) is 1. The van der Waals surface area contributed by atoms with Crippen molar-refractivity contribution in [3.8, 4) is 5.88 Å². The largest absolute Gasteiger partial charge is 0.481 e. The van der Waals surface area contributed by atoms with Crippen LogP contribution in [0.2, 0.25) is 0 Å². The lowest BCUT2D eigenvalue weighted by atomic mass is 10.3. The Morgan fingerprint density at radius 1 is 1.44 bits per heavy atom. The van der Waals surface area contributed by atoms with Crippen molar-refractivity contribution in [2.24, 2.45) is 0 Å². The lowest BCUT2D eigenvalue weighted by Gasteiger charge is -2.10. The third kappa shape index (κ3) is 2.68. The van der Waals surface area contributed by atoms with E-state index in [1.165, 1.54) is 6.33 Å². The molecule has 2 aromatic rings. The third-order valence-electron chi connectivity index (χ3n) is 2.52. The second-order valence-corrected chi connectivity index (χ2v) is 3.82. The topological polar surface area (TPSA) is 90.9 Å². The number of hydrogen-bond acceptors (Lipinski definition) is 6. The van der Waals surface area contributed by atoms with Gasteiger partial charge in [-0.05, 0) is 6.92 Å². The molecule has 2 heterocycles. The first kappa shape index (κ1) is 12.2. The Labute approximate surface area is 105 Å². The fourth-order valence-corrected chi connectivity index (χ4v) is 1.61. The molecule has 0 aromatic carbocycles. The van der Waals surface area contributed by atoms with Crippen molar-refractivity contribution in [2.45, 2.75) is 13.5 Å². The van der Waals surface area contributed by atoms with Crippen molar-refractivity contribution in [1.82, 2.24) is 19.7 Å². The third-order valence-corrected chi connectivity index (χ3v) is 2.52. The smallest absolute Gasteiger partial charge is 0.221 e. The SMILES string of the molecule is COc1ncnc(NCCn2cc(N)cn2)c1C. The highest BCUT2D eigenvalue weighted by Gasteiger charge is 2.06. The summed E-state index contributed by atoms with van der Waals surface area (Å²) in [7, 11) is 1.59. The monoisotopic (exact) mass is 248 g/mol. The van der Waals surface area contributed by atoms with Gasteiger partial charge in [0.15, 0.2) is 0 Å². The van der Waals surface area contributed by atoms with Crippen LogP contribution in [0.15, 0.2) is 18.7 Å². The first-order valence-corrected chi connectivity index (χ1v) is 5.58. The van der Waals surface area contributed by atoms with Crippen LogP contribution < -0.4 is 15.8 Å². The lowest BCUT2D eigenvalue weighted by molar-refractivity contribution is 0.393. The van der Waals surface area contributed by atoms with Crippen molar-refractivity contribution in [2.75, 3.05) is 24.7 Å². The van der Waals surface area contributed by atoms with Crippen LogP contribution in [-0.4, -0.2) is 33.4 Å². The first-order valence-electron chi connectivity index (χ1n) is 5.58. The Morgan fingerprint density at radius 2 is 2.28 bits per heavy atom. The van der Waals surface area contributed by atoms with Gasteiger partial charge in [-0.3, -0.25) is 4.68 Å². The van der Waals surface area contributed by atoms with E-state index >= 15 is 0 Å². The molecule has 7 nitrogen and oxygen atoms in total. The molecule has 0 bridgehead atoms. The second kappa shape index (κ2) is 5.35. The molecule has 3 N–H and O–H groups in total. The minimum atomic E-state index is 0.579. The lowest BCUT2D eigenvalue weighted by Crippen LogP contribution is -2.13. The van der Waals surface area contributed by atoms with Crippen molar-refractivity contribution in [3.63, 3.8) is 0 Å².